The van der Waals surface area contributed by atoms with Gasteiger partial charge in [0.15, 0.2) is 0 Å². The monoisotopic (exact) mass is 698 g/mol. The molecular weight excluding hydrogens is 665 g/mol. The highest BCUT2D eigenvalue weighted by molar-refractivity contribution is 6.22. The Morgan fingerprint density at radius 2 is 0.764 bits per heavy atom. The molecule has 0 bridgehead atoms. The van der Waals surface area contributed by atoms with Gasteiger partial charge >= 0.3 is 0 Å². The first-order valence-corrected chi connectivity index (χ1v) is 18.9. The normalized spacial score (nSPS) is 11.6. The summed E-state index contributed by atoms with van der Waals surface area (Å²) in [5.74, 6) is 0. The minimum atomic E-state index is 0.912. The van der Waals surface area contributed by atoms with Gasteiger partial charge in [-0.15, -0.1) is 0 Å². The molecule has 0 spiro atoms. The lowest BCUT2D eigenvalue weighted by atomic mass is 9.83. The average molecular weight is 699 g/mol. The van der Waals surface area contributed by atoms with Gasteiger partial charge in [-0.3, -0.25) is 0 Å². The van der Waals surface area contributed by atoms with Crippen LogP contribution in [0.15, 0.2) is 211 Å². The standard InChI is InChI=1S/C54H34O/c1-3-14-36(15-4-1)52-47-30-28-42(40-26-25-35-13-7-8-18-38(35)31-40)34-50(47)53(37-16-5-2-6-17-37)46-29-27-41(33-49(46)52)39-19-11-20-43(32-39)44-22-12-23-48-45-21-9-10-24-51(45)55-54(44)48/h1-34H. The van der Waals surface area contributed by atoms with Crippen molar-refractivity contribution >= 4 is 54.3 Å². The smallest absolute Gasteiger partial charge is 0.143 e. The van der Waals surface area contributed by atoms with Gasteiger partial charge in [0.25, 0.3) is 0 Å². The molecule has 256 valence electrons. The molecule has 1 heteroatoms. The van der Waals surface area contributed by atoms with E-state index in [2.05, 4.69) is 194 Å². The third kappa shape index (κ3) is 5.24. The fourth-order valence-corrected chi connectivity index (χ4v) is 8.63. The lowest BCUT2D eigenvalue weighted by molar-refractivity contribution is 0.670. The van der Waals surface area contributed by atoms with E-state index >= 15 is 0 Å². The average Bonchev–Trinajstić information content (AvgIpc) is 3.65. The van der Waals surface area contributed by atoms with Crippen molar-refractivity contribution in [3.05, 3.63) is 206 Å². The van der Waals surface area contributed by atoms with E-state index in [1.165, 1.54) is 76.8 Å². The Balaban J connectivity index is 1.15. The maximum atomic E-state index is 6.46. The van der Waals surface area contributed by atoms with Crippen LogP contribution in [0.2, 0.25) is 0 Å². The first-order valence-electron chi connectivity index (χ1n) is 18.9. The summed E-state index contributed by atoms with van der Waals surface area (Å²) in [5, 5.41) is 9.74. The van der Waals surface area contributed by atoms with Crippen molar-refractivity contribution in [2.24, 2.45) is 0 Å². The summed E-state index contributed by atoms with van der Waals surface area (Å²) in [6.45, 7) is 0. The van der Waals surface area contributed by atoms with Crippen LogP contribution in [-0.2, 0) is 0 Å². The summed E-state index contributed by atoms with van der Waals surface area (Å²) in [6, 6.07) is 74.9. The molecule has 1 aromatic heterocycles. The summed E-state index contributed by atoms with van der Waals surface area (Å²) in [4.78, 5) is 0. The molecule has 11 rings (SSSR count). The highest BCUT2D eigenvalue weighted by Gasteiger charge is 2.19. The van der Waals surface area contributed by atoms with Crippen molar-refractivity contribution in [1.82, 2.24) is 0 Å². The Morgan fingerprint density at radius 1 is 0.255 bits per heavy atom. The predicted octanol–water partition coefficient (Wildman–Crippen LogP) is 15.4. The molecule has 10 aromatic carbocycles. The Morgan fingerprint density at radius 3 is 1.47 bits per heavy atom. The number of hydrogen-bond acceptors (Lipinski definition) is 1. The summed E-state index contributed by atoms with van der Waals surface area (Å²) in [5.41, 5.74) is 13.8. The van der Waals surface area contributed by atoms with Gasteiger partial charge in [0.05, 0.1) is 0 Å². The summed E-state index contributed by atoms with van der Waals surface area (Å²) in [6.07, 6.45) is 0. The van der Waals surface area contributed by atoms with Crippen molar-refractivity contribution in [2.45, 2.75) is 0 Å². The van der Waals surface area contributed by atoms with Gasteiger partial charge in [0.1, 0.15) is 11.2 Å². The third-order valence-electron chi connectivity index (χ3n) is 11.2. The number of fused-ring (bicyclic) bond motifs is 6. The number of hydrogen-bond donors (Lipinski definition) is 0. The van der Waals surface area contributed by atoms with Crippen LogP contribution in [0, 0.1) is 0 Å². The van der Waals surface area contributed by atoms with Crippen molar-refractivity contribution in [3.63, 3.8) is 0 Å². The zero-order valence-electron chi connectivity index (χ0n) is 30.0. The van der Waals surface area contributed by atoms with Crippen LogP contribution in [-0.4, -0.2) is 0 Å². The van der Waals surface area contributed by atoms with E-state index in [4.69, 9.17) is 4.42 Å². The Bertz CT molecular complexity index is 3240. The van der Waals surface area contributed by atoms with Crippen LogP contribution in [0.5, 0.6) is 0 Å². The van der Waals surface area contributed by atoms with Gasteiger partial charge in [-0.05, 0) is 113 Å². The van der Waals surface area contributed by atoms with Crippen LogP contribution in [0.3, 0.4) is 0 Å². The van der Waals surface area contributed by atoms with Crippen molar-refractivity contribution < 1.29 is 4.42 Å². The van der Waals surface area contributed by atoms with Crippen LogP contribution in [0.4, 0.5) is 0 Å². The molecule has 0 saturated carbocycles. The maximum absolute atomic E-state index is 6.46. The van der Waals surface area contributed by atoms with E-state index in [0.717, 1.165) is 33.1 Å². The first-order chi connectivity index (χ1) is 27.3. The molecule has 55 heavy (non-hydrogen) atoms. The molecule has 0 saturated heterocycles. The van der Waals surface area contributed by atoms with Gasteiger partial charge < -0.3 is 4.42 Å². The zero-order valence-corrected chi connectivity index (χ0v) is 30.0. The fourth-order valence-electron chi connectivity index (χ4n) is 8.63. The third-order valence-corrected chi connectivity index (χ3v) is 11.2. The van der Waals surface area contributed by atoms with Crippen molar-refractivity contribution in [1.29, 1.82) is 0 Å². The molecule has 0 unspecified atom stereocenters. The summed E-state index contributed by atoms with van der Waals surface area (Å²) >= 11 is 0. The highest BCUT2D eigenvalue weighted by atomic mass is 16.3. The van der Waals surface area contributed by atoms with E-state index in [-0.39, 0.29) is 0 Å². The second kappa shape index (κ2) is 12.7. The molecule has 0 radical (unpaired) electrons. The molecule has 0 fully saturated rings. The molecule has 11 aromatic rings. The number of benzene rings is 10. The minimum Gasteiger partial charge on any atom is -0.455 e. The maximum Gasteiger partial charge on any atom is 0.143 e. The van der Waals surface area contributed by atoms with E-state index in [1.54, 1.807) is 0 Å². The molecule has 0 amide bonds. The van der Waals surface area contributed by atoms with Gasteiger partial charge in [-0.2, -0.15) is 0 Å². The lowest BCUT2D eigenvalue weighted by Gasteiger charge is -2.20. The quantitative estimate of drug-likeness (QED) is 0.163. The second-order valence-corrected chi connectivity index (χ2v) is 14.4. The Kier molecular flexibility index (Phi) is 7.25. The van der Waals surface area contributed by atoms with Crippen molar-refractivity contribution in [3.8, 4) is 55.6 Å². The number of para-hydroxylation sites is 2. The number of rotatable bonds is 5. The molecule has 0 N–H and O–H groups in total. The van der Waals surface area contributed by atoms with Gasteiger partial charge in [-0.25, -0.2) is 0 Å². The van der Waals surface area contributed by atoms with E-state index in [1.807, 2.05) is 12.1 Å². The second-order valence-electron chi connectivity index (χ2n) is 14.4. The molecule has 0 atom stereocenters. The van der Waals surface area contributed by atoms with Crippen molar-refractivity contribution in [2.75, 3.05) is 0 Å². The Hall–Kier alpha value is -7.22. The minimum absolute atomic E-state index is 0.912. The molecule has 0 aliphatic rings. The predicted molar refractivity (Wildman–Crippen MR) is 233 cm³/mol. The highest BCUT2D eigenvalue weighted by Crippen LogP contribution is 2.46. The lowest BCUT2D eigenvalue weighted by Crippen LogP contribution is -1.92. The molecule has 0 aliphatic heterocycles. The van der Waals surface area contributed by atoms with E-state index < -0.39 is 0 Å². The fraction of sp³-hybridized carbons (Fsp3) is 0. The summed E-state index contributed by atoms with van der Waals surface area (Å²) in [7, 11) is 0. The van der Waals surface area contributed by atoms with Gasteiger partial charge in [-0.1, -0.05) is 176 Å². The van der Waals surface area contributed by atoms with Crippen LogP contribution in [0.1, 0.15) is 0 Å². The topological polar surface area (TPSA) is 13.1 Å². The van der Waals surface area contributed by atoms with Gasteiger partial charge in [0, 0.05) is 16.3 Å². The Labute approximate surface area is 319 Å². The van der Waals surface area contributed by atoms with E-state index in [0.29, 0.717) is 0 Å². The van der Waals surface area contributed by atoms with Crippen LogP contribution in [0.25, 0.3) is 110 Å². The zero-order chi connectivity index (χ0) is 36.3. The molecule has 0 aliphatic carbocycles. The number of furan rings is 1. The summed E-state index contributed by atoms with van der Waals surface area (Å²) < 4.78 is 6.46. The first kappa shape index (κ1) is 31.3. The largest absolute Gasteiger partial charge is 0.455 e. The SMILES string of the molecule is c1ccc(-c2c3ccc(-c4ccc5ccccc5c4)cc3c(-c3ccccc3)c3ccc(-c4cccc(-c5cccc6c5oc5ccccc56)c4)cc23)cc1. The van der Waals surface area contributed by atoms with Gasteiger partial charge in [0.2, 0.25) is 0 Å². The van der Waals surface area contributed by atoms with Crippen LogP contribution < -0.4 is 0 Å². The molecular formula is C54H34O. The van der Waals surface area contributed by atoms with Crippen LogP contribution >= 0.6 is 0 Å². The van der Waals surface area contributed by atoms with E-state index in [9.17, 15) is 0 Å². The molecule has 1 heterocycles. The molecule has 1 nitrogen and oxygen atoms in total.